The fraction of sp³-hybridized carbons (Fsp3) is 0.667. The van der Waals surface area contributed by atoms with Crippen LogP contribution in [0.5, 0.6) is 0 Å². The monoisotopic (exact) mass is 264 g/mol. The summed E-state index contributed by atoms with van der Waals surface area (Å²) in [4.78, 5) is 11.9. The van der Waals surface area contributed by atoms with E-state index in [4.69, 9.17) is 4.74 Å². The van der Waals surface area contributed by atoms with Crippen LogP contribution in [0.25, 0.3) is 0 Å². The first-order chi connectivity index (χ1) is 9.13. The van der Waals surface area contributed by atoms with E-state index < -0.39 is 0 Å². The minimum atomic E-state index is 0.165. The zero-order chi connectivity index (χ0) is 13.7. The lowest BCUT2D eigenvalue weighted by molar-refractivity contribution is -0.123. The Morgan fingerprint density at radius 3 is 2.53 bits per heavy atom. The van der Waals surface area contributed by atoms with Gasteiger partial charge in [0.1, 0.15) is 0 Å². The zero-order valence-electron chi connectivity index (χ0n) is 11.8. The number of carbonyl (C=O) groups excluding carboxylic acids is 1. The third-order valence-corrected chi connectivity index (χ3v) is 3.55. The van der Waals surface area contributed by atoms with Crippen LogP contribution in [0.1, 0.15) is 39.5 Å². The Kier molecular flexibility index (Phi) is 5.02. The lowest BCUT2D eigenvalue weighted by Gasteiger charge is -2.32. The number of hydrogen-bond acceptors (Lipinski definition) is 2. The van der Waals surface area contributed by atoms with Crippen LogP contribution in [0.2, 0.25) is 0 Å². The molecule has 0 aliphatic carbocycles. The number of aromatic nitrogens is 1. The second-order valence-corrected chi connectivity index (χ2v) is 5.52. The van der Waals surface area contributed by atoms with E-state index in [-0.39, 0.29) is 24.2 Å². The molecule has 0 radical (unpaired) electrons. The van der Waals surface area contributed by atoms with Gasteiger partial charge in [-0.15, -0.1) is 0 Å². The van der Waals surface area contributed by atoms with Crippen molar-refractivity contribution < 1.29 is 9.53 Å². The smallest absolute Gasteiger partial charge is 0.220 e. The molecule has 1 N–H and O–H groups in total. The minimum absolute atomic E-state index is 0.165. The first kappa shape index (κ1) is 14.1. The maximum Gasteiger partial charge on any atom is 0.220 e. The predicted molar refractivity (Wildman–Crippen MR) is 74.8 cm³/mol. The average molecular weight is 264 g/mol. The van der Waals surface area contributed by atoms with Crippen LogP contribution in [-0.4, -0.2) is 28.7 Å². The summed E-state index contributed by atoms with van der Waals surface area (Å²) in [6.45, 7) is 5.04. The molecule has 2 heterocycles. The van der Waals surface area contributed by atoms with Gasteiger partial charge in [-0.1, -0.05) is 0 Å². The Hall–Kier alpha value is -1.29. The highest BCUT2D eigenvalue weighted by Gasteiger charge is 2.25. The second kappa shape index (κ2) is 6.75. The van der Waals surface area contributed by atoms with Crippen molar-refractivity contribution in [1.29, 1.82) is 0 Å². The highest BCUT2D eigenvalue weighted by Crippen LogP contribution is 2.19. The molecule has 1 aromatic heterocycles. The van der Waals surface area contributed by atoms with Crippen LogP contribution in [0.4, 0.5) is 0 Å². The van der Waals surface area contributed by atoms with Crippen LogP contribution in [0, 0.1) is 0 Å². The molecule has 0 aromatic carbocycles. The van der Waals surface area contributed by atoms with Gasteiger partial charge >= 0.3 is 0 Å². The van der Waals surface area contributed by atoms with E-state index in [2.05, 4.69) is 23.7 Å². The van der Waals surface area contributed by atoms with E-state index in [1.165, 1.54) is 0 Å². The zero-order valence-corrected chi connectivity index (χ0v) is 11.8. The van der Waals surface area contributed by atoms with Gasteiger partial charge in [-0.05, 0) is 45.2 Å². The first-order valence-electron chi connectivity index (χ1n) is 7.19. The van der Waals surface area contributed by atoms with Crippen molar-refractivity contribution >= 4 is 5.91 Å². The van der Waals surface area contributed by atoms with Gasteiger partial charge < -0.3 is 14.6 Å². The molecule has 1 aliphatic heterocycles. The van der Waals surface area contributed by atoms with Gasteiger partial charge in [0.2, 0.25) is 5.91 Å². The van der Waals surface area contributed by atoms with Crippen LogP contribution >= 0.6 is 0 Å². The summed E-state index contributed by atoms with van der Waals surface area (Å²) < 4.78 is 7.78. The molecule has 1 saturated heterocycles. The van der Waals surface area contributed by atoms with Crippen molar-refractivity contribution in [3.63, 3.8) is 0 Å². The van der Waals surface area contributed by atoms with Crippen molar-refractivity contribution in [3.05, 3.63) is 24.5 Å². The van der Waals surface area contributed by atoms with Gasteiger partial charge in [-0.3, -0.25) is 4.79 Å². The van der Waals surface area contributed by atoms with E-state index in [9.17, 15) is 4.79 Å². The molecule has 1 unspecified atom stereocenters. The van der Waals surface area contributed by atoms with Crippen molar-refractivity contribution in [2.24, 2.45) is 0 Å². The van der Waals surface area contributed by atoms with Gasteiger partial charge in [0, 0.05) is 31.4 Å². The molecule has 0 saturated carbocycles. The quantitative estimate of drug-likeness (QED) is 0.887. The standard InChI is InChI=1S/C15H24N2O2/c1-12-10-14(11-13(2)19-12)16-15(18)6-5-9-17-7-3-4-8-17/h3-4,7-8,12-14H,5-6,9-11H2,1-2H3,(H,16,18)/t12-,13+,14?. The van der Waals surface area contributed by atoms with Gasteiger partial charge in [-0.25, -0.2) is 0 Å². The molecule has 2 rings (SSSR count). The Bertz CT molecular complexity index is 379. The van der Waals surface area contributed by atoms with Crippen molar-refractivity contribution in [2.45, 2.75) is 64.3 Å². The maximum atomic E-state index is 11.9. The highest BCUT2D eigenvalue weighted by atomic mass is 16.5. The number of rotatable bonds is 5. The minimum Gasteiger partial charge on any atom is -0.375 e. The van der Waals surface area contributed by atoms with E-state index in [0.717, 1.165) is 25.8 Å². The number of nitrogens with one attached hydrogen (secondary N) is 1. The van der Waals surface area contributed by atoms with E-state index in [1.54, 1.807) is 0 Å². The normalized spacial score (nSPS) is 27.2. The Morgan fingerprint density at radius 1 is 1.26 bits per heavy atom. The first-order valence-corrected chi connectivity index (χ1v) is 7.19. The van der Waals surface area contributed by atoms with Crippen LogP contribution in [0.15, 0.2) is 24.5 Å². The third-order valence-electron chi connectivity index (χ3n) is 3.55. The van der Waals surface area contributed by atoms with E-state index in [0.29, 0.717) is 6.42 Å². The van der Waals surface area contributed by atoms with Crippen LogP contribution in [-0.2, 0) is 16.1 Å². The molecular weight excluding hydrogens is 240 g/mol. The largest absolute Gasteiger partial charge is 0.375 e. The lowest BCUT2D eigenvalue weighted by atomic mass is 9.99. The summed E-state index contributed by atoms with van der Waals surface area (Å²) in [6, 6.07) is 4.29. The van der Waals surface area contributed by atoms with Gasteiger partial charge in [-0.2, -0.15) is 0 Å². The molecule has 1 aromatic rings. The molecule has 1 aliphatic rings. The van der Waals surface area contributed by atoms with Gasteiger partial charge in [0.25, 0.3) is 0 Å². The lowest BCUT2D eigenvalue weighted by Crippen LogP contribution is -2.43. The van der Waals surface area contributed by atoms with Gasteiger partial charge in [0.05, 0.1) is 12.2 Å². The fourth-order valence-electron chi connectivity index (χ4n) is 2.76. The summed E-state index contributed by atoms with van der Waals surface area (Å²) in [7, 11) is 0. The molecule has 19 heavy (non-hydrogen) atoms. The van der Waals surface area contributed by atoms with Gasteiger partial charge in [0.15, 0.2) is 0 Å². The third kappa shape index (κ3) is 4.71. The Balaban J connectivity index is 1.66. The molecule has 0 spiro atoms. The summed E-state index contributed by atoms with van der Waals surface area (Å²) >= 11 is 0. The molecule has 4 heteroatoms. The van der Waals surface area contributed by atoms with Crippen molar-refractivity contribution in [3.8, 4) is 0 Å². The Morgan fingerprint density at radius 2 is 1.89 bits per heavy atom. The number of carbonyl (C=O) groups is 1. The predicted octanol–water partition coefficient (Wildman–Crippen LogP) is 2.34. The molecule has 3 atom stereocenters. The maximum absolute atomic E-state index is 11.9. The number of nitrogens with zero attached hydrogens (tertiary/aromatic N) is 1. The molecule has 1 fully saturated rings. The van der Waals surface area contributed by atoms with Crippen molar-refractivity contribution in [2.75, 3.05) is 0 Å². The molecular formula is C15H24N2O2. The van der Waals surface area contributed by atoms with E-state index >= 15 is 0 Å². The van der Waals surface area contributed by atoms with Crippen LogP contribution < -0.4 is 5.32 Å². The second-order valence-electron chi connectivity index (χ2n) is 5.52. The summed E-state index contributed by atoms with van der Waals surface area (Å²) in [6.07, 6.45) is 7.87. The summed E-state index contributed by atoms with van der Waals surface area (Å²) in [5.74, 6) is 0.165. The Labute approximate surface area is 115 Å². The van der Waals surface area contributed by atoms with E-state index in [1.807, 2.05) is 24.5 Å². The number of hydrogen-bond donors (Lipinski definition) is 1. The fourth-order valence-corrected chi connectivity index (χ4v) is 2.76. The SMILES string of the molecule is C[C@@H]1CC(NC(=O)CCCn2cccc2)C[C@H](C)O1. The average Bonchev–Trinajstić information content (AvgIpc) is 2.80. The molecule has 4 nitrogen and oxygen atoms in total. The highest BCUT2D eigenvalue weighted by molar-refractivity contribution is 5.76. The topological polar surface area (TPSA) is 43.3 Å². The number of amides is 1. The van der Waals surface area contributed by atoms with Crippen LogP contribution in [0.3, 0.4) is 0 Å². The molecule has 106 valence electrons. The molecule has 0 bridgehead atoms. The van der Waals surface area contributed by atoms with Crippen molar-refractivity contribution in [1.82, 2.24) is 9.88 Å². The summed E-state index contributed by atoms with van der Waals surface area (Å²) in [5, 5.41) is 3.13. The summed E-state index contributed by atoms with van der Waals surface area (Å²) in [5.41, 5.74) is 0. The molecule has 1 amide bonds. The number of ether oxygens (including phenoxy) is 1. The number of aryl methyl sites for hydroxylation is 1.